The minimum atomic E-state index is -0.770. The second kappa shape index (κ2) is 6.16. The number of aliphatic carboxylic acids is 1. The normalized spacial score (nSPS) is 23.5. The molecule has 3 unspecified atom stereocenters. The van der Waals surface area contributed by atoms with Gasteiger partial charge in [0.05, 0.1) is 19.1 Å². The minimum absolute atomic E-state index is 0.0717. The number of likely N-dealkylation sites (N-methyl/N-ethyl adjacent to an activating group) is 1. The number of carboxylic acid groups (broad SMARTS) is 1. The van der Waals surface area contributed by atoms with Crippen molar-refractivity contribution in [1.29, 1.82) is 0 Å². The highest BCUT2D eigenvalue weighted by atomic mass is 16.5. The lowest BCUT2D eigenvalue weighted by molar-refractivity contribution is -0.143. The maximum Gasteiger partial charge on any atom is 0.310 e. The number of rotatable bonds is 4. The topological polar surface area (TPSA) is 49.8 Å². The Morgan fingerprint density at radius 1 is 1.29 bits per heavy atom. The lowest BCUT2D eigenvalue weighted by atomic mass is 9.92. The lowest BCUT2D eigenvalue weighted by Gasteiger charge is -2.34. The molecule has 0 spiro atoms. The van der Waals surface area contributed by atoms with Gasteiger partial charge in [-0.25, -0.2) is 0 Å². The summed E-state index contributed by atoms with van der Waals surface area (Å²) in [5, 5.41) is 9.32. The zero-order valence-electron chi connectivity index (χ0n) is 13.5. The van der Waals surface area contributed by atoms with E-state index in [4.69, 9.17) is 4.74 Å². The average molecular weight is 291 g/mol. The monoisotopic (exact) mass is 291 g/mol. The fourth-order valence-corrected chi connectivity index (χ4v) is 3.52. The van der Waals surface area contributed by atoms with E-state index in [1.54, 1.807) is 0 Å². The highest BCUT2D eigenvalue weighted by Crippen LogP contribution is 2.31. The Kier molecular flexibility index (Phi) is 4.69. The summed E-state index contributed by atoms with van der Waals surface area (Å²) in [6.07, 6.45) is 0. The molecule has 0 bridgehead atoms. The number of nitrogens with zero attached hydrogens (tertiary/aromatic N) is 1. The van der Waals surface area contributed by atoms with Crippen LogP contribution in [0.25, 0.3) is 0 Å². The van der Waals surface area contributed by atoms with Gasteiger partial charge in [0.2, 0.25) is 0 Å². The largest absolute Gasteiger partial charge is 0.481 e. The lowest BCUT2D eigenvalue weighted by Crippen LogP contribution is -2.42. The van der Waals surface area contributed by atoms with Crippen LogP contribution in [-0.4, -0.2) is 42.3 Å². The van der Waals surface area contributed by atoms with Crippen LogP contribution < -0.4 is 0 Å². The first-order valence-corrected chi connectivity index (χ1v) is 7.43. The van der Waals surface area contributed by atoms with E-state index in [1.807, 2.05) is 7.05 Å². The molecule has 0 aromatic heterocycles. The molecule has 1 N–H and O–H groups in total. The zero-order chi connectivity index (χ0) is 15.7. The number of hydrogen-bond donors (Lipinski definition) is 1. The Labute approximate surface area is 126 Å². The summed E-state index contributed by atoms with van der Waals surface area (Å²) in [6, 6.07) is 4.47. The number of ether oxygens (including phenoxy) is 1. The predicted octanol–water partition coefficient (Wildman–Crippen LogP) is 2.70. The second-order valence-electron chi connectivity index (χ2n) is 6.20. The summed E-state index contributed by atoms with van der Waals surface area (Å²) in [6.45, 7) is 9.29. The van der Waals surface area contributed by atoms with Crippen molar-refractivity contribution in [2.45, 2.75) is 39.8 Å². The van der Waals surface area contributed by atoms with Crippen LogP contribution in [0.2, 0.25) is 0 Å². The first kappa shape index (κ1) is 16.0. The highest BCUT2D eigenvalue weighted by molar-refractivity contribution is 5.71. The first-order valence-electron chi connectivity index (χ1n) is 7.43. The molecular formula is C17H25NO3. The SMILES string of the molecule is Cc1cc(C)c(C(C)N(C)C2COCC2C(=O)O)c(C)c1. The molecule has 1 aromatic rings. The van der Waals surface area contributed by atoms with Gasteiger partial charge in [-0.1, -0.05) is 17.7 Å². The van der Waals surface area contributed by atoms with Crippen LogP contribution in [0.1, 0.15) is 35.2 Å². The smallest absolute Gasteiger partial charge is 0.310 e. The van der Waals surface area contributed by atoms with Crippen molar-refractivity contribution in [3.8, 4) is 0 Å². The van der Waals surface area contributed by atoms with Crippen molar-refractivity contribution in [1.82, 2.24) is 4.90 Å². The molecule has 2 rings (SSSR count). The standard InChI is InChI=1S/C17H25NO3/c1-10-6-11(2)16(12(3)7-10)13(4)18(5)15-9-21-8-14(15)17(19)20/h6-7,13-15H,8-9H2,1-5H3,(H,19,20). The van der Waals surface area contributed by atoms with Gasteiger partial charge in [0.1, 0.15) is 0 Å². The summed E-state index contributed by atoms with van der Waals surface area (Å²) < 4.78 is 5.40. The van der Waals surface area contributed by atoms with Crippen molar-refractivity contribution in [3.63, 3.8) is 0 Å². The summed E-state index contributed by atoms with van der Waals surface area (Å²) in [5.74, 6) is -1.21. The maximum absolute atomic E-state index is 11.3. The van der Waals surface area contributed by atoms with E-state index < -0.39 is 11.9 Å². The van der Waals surface area contributed by atoms with Gasteiger partial charge in [0, 0.05) is 12.1 Å². The molecule has 21 heavy (non-hydrogen) atoms. The molecule has 4 nitrogen and oxygen atoms in total. The van der Waals surface area contributed by atoms with Crippen LogP contribution in [0.4, 0.5) is 0 Å². The summed E-state index contributed by atoms with van der Waals surface area (Å²) >= 11 is 0. The zero-order valence-corrected chi connectivity index (χ0v) is 13.5. The molecule has 1 aromatic carbocycles. The average Bonchev–Trinajstić information content (AvgIpc) is 2.85. The summed E-state index contributed by atoms with van der Waals surface area (Å²) in [4.78, 5) is 13.5. The van der Waals surface area contributed by atoms with Crippen LogP contribution in [-0.2, 0) is 9.53 Å². The van der Waals surface area contributed by atoms with Crippen LogP contribution in [0.5, 0.6) is 0 Å². The number of benzene rings is 1. The predicted molar refractivity (Wildman–Crippen MR) is 82.6 cm³/mol. The minimum Gasteiger partial charge on any atom is -0.481 e. The first-order chi connectivity index (χ1) is 9.82. The second-order valence-corrected chi connectivity index (χ2v) is 6.20. The van der Waals surface area contributed by atoms with E-state index in [2.05, 4.69) is 44.7 Å². The number of carboxylic acids is 1. The van der Waals surface area contributed by atoms with Crippen molar-refractivity contribution in [2.75, 3.05) is 20.3 Å². The van der Waals surface area contributed by atoms with Crippen LogP contribution in [0.3, 0.4) is 0 Å². The van der Waals surface area contributed by atoms with Gasteiger partial charge in [-0.15, -0.1) is 0 Å². The van der Waals surface area contributed by atoms with E-state index in [1.165, 1.54) is 22.3 Å². The van der Waals surface area contributed by atoms with Crippen molar-refractivity contribution < 1.29 is 14.6 Å². The summed E-state index contributed by atoms with van der Waals surface area (Å²) in [7, 11) is 2.00. The third-order valence-electron chi connectivity index (χ3n) is 4.66. The van der Waals surface area contributed by atoms with E-state index >= 15 is 0 Å². The van der Waals surface area contributed by atoms with Gasteiger partial charge in [0.15, 0.2) is 0 Å². The third kappa shape index (κ3) is 3.11. The van der Waals surface area contributed by atoms with Crippen LogP contribution >= 0.6 is 0 Å². The van der Waals surface area contributed by atoms with Gasteiger partial charge in [-0.3, -0.25) is 9.69 Å². The van der Waals surface area contributed by atoms with E-state index in [9.17, 15) is 9.90 Å². The Morgan fingerprint density at radius 2 is 1.86 bits per heavy atom. The molecule has 4 heteroatoms. The van der Waals surface area contributed by atoms with Crippen LogP contribution in [0, 0.1) is 26.7 Å². The molecule has 0 saturated carbocycles. The quantitative estimate of drug-likeness (QED) is 0.926. The maximum atomic E-state index is 11.3. The molecule has 1 fully saturated rings. The fourth-order valence-electron chi connectivity index (χ4n) is 3.52. The Balaban J connectivity index is 2.27. The Bertz CT molecular complexity index is 518. The van der Waals surface area contributed by atoms with Gasteiger partial charge in [0.25, 0.3) is 0 Å². The molecule has 1 aliphatic heterocycles. The Morgan fingerprint density at radius 3 is 2.38 bits per heavy atom. The molecule has 0 radical (unpaired) electrons. The van der Waals surface area contributed by atoms with Gasteiger partial charge in [-0.2, -0.15) is 0 Å². The fraction of sp³-hybridized carbons (Fsp3) is 0.588. The number of hydrogen-bond acceptors (Lipinski definition) is 3. The molecule has 1 saturated heterocycles. The highest BCUT2D eigenvalue weighted by Gasteiger charge is 2.38. The van der Waals surface area contributed by atoms with Crippen molar-refractivity contribution in [2.24, 2.45) is 5.92 Å². The van der Waals surface area contributed by atoms with Crippen molar-refractivity contribution >= 4 is 5.97 Å². The number of carbonyl (C=O) groups is 1. The van der Waals surface area contributed by atoms with Gasteiger partial charge < -0.3 is 9.84 Å². The van der Waals surface area contributed by atoms with Gasteiger partial charge in [-0.05, 0) is 51.4 Å². The van der Waals surface area contributed by atoms with Crippen molar-refractivity contribution in [3.05, 3.63) is 34.4 Å². The summed E-state index contributed by atoms with van der Waals surface area (Å²) in [5.41, 5.74) is 5.07. The van der Waals surface area contributed by atoms with E-state index in [0.717, 1.165) is 0 Å². The molecule has 116 valence electrons. The molecular weight excluding hydrogens is 266 g/mol. The molecule has 0 aliphatic carbocycles. The van der Waals surface area contributed by atoms with E-state index in [0.29, 0.717) is 13.2 Å². The van der Waals surface area contributed by atoms with Gasteiger partial charge >= 0.3 is 5.97 Å². The molecule has 0 amide bonds. The van der Waals surface area contributed by atoms with E-state index in [-0.39, 0.29) is 12.1 Å². The Hall–Kier alpha value is -1.39. The number of aryl methyl sites for hydroxylation is 3. The molecule has 1 heterocycles. The molecule has 3 atom stereocenters. The van der Waals surface area contributed by atoms with Crippen LogP contribution in [0.15, 0.2) is 12.1 Å². The molecule has 1 aliphatic rings. The third-order valence-corrected chi connectivity index (χ3v) is 4.66.